The van der Waals surface area contributed by atoms with Crippen LogP contribution in [0.2, 0.25) is 0 Å². The van der Waals surface area contributed by atoms with Gasteiger partial charge in [-0.15, -0.1) is 0 Å². The fraction of sp³-hybridized carbons (Fsp3) is 0.929. The van der Waals surface area contributed by atoms with E-state index in [2.05, 4.69) is 23.9 Å². The predicted molar refractivity (Wildman–Crippen MR) is 71.4 cm³/mol. The monoisotopic (exact) mass is 254 g/mol. The standard InChI is InChI=1S/C14H26N2O2/c1-15-8-3-4-12(5-9-15)14(17)18-13-6-10-16(2)11-7-13/h12-13H,3-11H2,1-2H3. The van der Waals surface area contributed by atoms with E-state index in [0.717, 1.165) is 58.3 Å². The van der Waals surface area contributed by atoms with Crippen LogP contribution in [-0.2, 0) is 9.53 Å². The summed E-state index contributed by atoms with van der Waals surface area (Å²) in [6.07, 6.45) is 5.22. The molecule has 2 aliphatic rings. The number of rotatable bonds is 2. The topological polar surface area (TPSA) is 32.8 Å². The highest BCUT2D eigenvalue weighted by atomic mass is 16.5. The van der Waals surface area contributed by atoms with Crippen molar-refractivity contribution in [3.63, 3.8) is 0 Å². The molecule has 2 rings (SSSR count). The lowest BCUT2D eigenvalue weighted by Gasteiger charge is -2.29. The fourth-order valence-corrected chi connectivity index (χ4v) is 2.84. The summed E-state index contributed by atoms with van der Waals surface area (Å²) >= 11 is 0. The summed E-state index contributed by atoms with van der Waals surface area (Å²) in [5, 5.41) is 0. The van der Waals surface area contributed by atoms with Crippen molar-refractivity contribution >= 4 is 5.97 Å². The number of hydrogen-bond acceptors (Lipinski definition) is 4. The van der Waals surface area contributed by atoms with Crippen LogP contribution < -0.4 is 0 Å². The largest absolute Gasteiger partial charge is 0.462 e. The average Bonchev–Trinajstić information content (AvgIpc) is 2.57. The predicted octanol–water partition coefficient (Wildman–Crippen LogP) is 1.36. The molecular formula is C14H26N2O2. The summed E-state index contributed by atoms with van der Waals surface area (Å²) < 4.78 is 5.69. The van der Waals surface area contributed by atoms with Crippen molar-refractivity contribution in [1.29, 1.82) is 0 Å². The first kappa shape index (κ1) is 13.8. The molecule has 2 heterocycles. The number of piperidine rings is 1. The Bertz CT molecular complexity index is 275. The first-order valence-corrected chi connectivity index (χ1v) is 7.22. The van der Waals surface area contributed by atoms with Gasteiger partial charge in [0.1, 0.15) is 6.10 Å². The summed E-state index contributed by atoms with van der Waals surface area (Å²) in [6, 6.07) is 0. The Balaban J connectivity index is 1.76. The first-order valence-electron chi connectivity index (χ1n) is 7.22. The van der Waals surface area contributed by atoms with Crippen LogP contribution in [0, 0.1) is 5.92 Å². The number of carbonyl (C=O) groups excluding carboxylic acids is 1. The van der Waals surface area contributed by atoms with Crippen molar-refractivity contribution in [3.8, 4) is 0 Å². The fourth-order valence-electron chi connectivity index (χ4n) is 2.84. The van der Waals surface area contributed by atoms with E-state index in [1.165, 1.54) is 0 Å². The van der Waals surface area contributed by atoms with Gasteiger partial charge in [0.15, 0.2) is 0 Å². The zero-order chi connectivity index (χ0) is 13.0. The quantitative estimate of drug-likeness (QED) is 0.697. The molecule has 4 heteroatoms. The zero-order valence-electron chi connectivity index (χ0n) is 11.7. The molecule has 0 aliphatic carbocycles. The molecule has 0 N–H and O–H groups in total. The molecule has 0 aromatic carbocycles. The third-order valence-corrected chi connectivity index (χ3v) is 4.23. The number of hydrogen-bond donors (Lipinski definition) is 0. The molecule has 1 atom stereocenters. The lowest BCUT2D eigenvalue weighted by atomic mass is 10.0. The smallest absolute Gasteiger partial charge is 0.309 e. The van der Waals surface area contributed by atoms with Crippen molar-refractivity contribution in [3.05, 3.63) is 0 Å². The minimum absolute atomic E-state index is 0.0554. The van der Waals surface area contributed by atoms with Gasteiger partial charge >= 0.3 is 5.97 Å². The van der Waals surface area contributed by atoms with E-state index < -0.39 is 0 Å². The lowest BCUT2D eigenvalue weighted by Crippen LogP contribution is -2.36. The highest BCUT2D eigenvalue weighted by Gasteiger charge is 2.27. The van der Waals surface area contributed by atoms with Crippen LogP contribution in [0.25, 0.3) is 0 Å². The number of nitrogens with zero attached hydrogens (tertiary/aromatic N) is 2. The summed E-state index contributed by atoms with van der Waals surface area (Å²) in [5.41, 5.74) is 0. The van der Waals surface area contributed by atoms with Gasteiger partial charge in [-0.25, -0.2) is 0 Å². The SMILES string of the molecule is CN1CCC(OC(=O)C2CCCN(C)CC2)CC1. The number of esters is 1. The maximum atomic E-state index is 12.2. The van der Waals surface area contributed by atoms with Crippen molar-refractivity contribution in [1.82, 2.24) is 9.80 Å². The molecule has 0 bridgehead atoms. The van der Waals surface area contributed by atoms with Crippen LogP contribution in [0.5, 0.6) is 0 Å². The molecule has 0 amide bonds. The van der Waals surface area contributed by atoms with Crippen molar-refractivity contribution in [2.45, 2.75) is 38.2 Å². The van der Waals surface area contributed by atoms with Gasteiger partial charge in [-0.2, -0.15) is 0 Å². The van der Waals surface area contributed by atoms with Crippen molar-refractivity contribution in [2.24, 2.45) is 5.92 Å². The third-order valence-electron chi connectivity index (χ3n) is 4.23. The van der Waals surface area contributed by atoms with E-state index in [9.17, 15) is 4.79 Å². The van der Waals surface area contributed by atoms with E-state index in [0.29, 0.717) is 0 Å². The Morgan fingerprint density at radius 1 is 0.944 bits per heavy atom. The lowest BCUT2D eigenvalue weighted by molar-refractivity contribution is -0.156. The van der Waals surface area contributed by atoms with Crippen LogP contribution in [0.3, 0.4) is 0 Å². The van der Waals surface area contributed by atoms with E-state index in [1.54, 1.807) is 0 Å². The van der Waals surface area contributed by atoms with E-state index >= 15 is 0 Å². The van der Waals surface area contributed by atoms with Crippen LogP contribution in [0.15, 0.2) is 0 Å². The van der Waals surface area contributed by atoms with Crippen molar-refractivity contribution in [2.75, 3.05) is 40.3 Å². The van der Waals surface area contributed by atoms with Gasteiger partial charge in [0.05, 0.1) is 5.92 Å². The molecule has 0 radical (unpaired) electrons. The van der Waals surface area contributed by atoms with Crippen molar-refractivity contribution < 1.29 is 9.53 Å². The molecule has 18 heavy (non-hydrogen) atoms. The minimum atomic E-state index is 0.0554. The minimum Gasteiger partial charge on any atom is -0.462 e. The Hall–Kier alpha value is -0.610. The number of ether oxygens (including phenoxy) is 1. The third kappa shape index (κ3) is 3.95. The Morgan fingerprint density at radius 3 is 2.28 bits per heavy atom. The summed E-state index contributed by atoms with van der Waals surface area (Å²) in [5.74, 6) is 0.189. The van der Waals surface area contributed by atoms with E-state index in [1.807, 2.05) is 0 Å². The van der Waals surface area contributed by atoms with Crippen LogP contribution in [0.4, 0.5) is 0 Å². The number of carbonyl (C=O) groups is 1. The maximum absolute atomic E-state index is 12.2. The van der Waals surface area contributed by atoms with Gasteiger partial charge in [-0.3, -0.25) is 4.79 Å². The van der Waals surface area contributed by atoms with Gasteiger partial charge in [0.2, 0.25) is 0 Å². The summed E-state index contributed by atoms with van der Waals surface area (Å²) in [7, 11) is 4.25. The Kier molecular flexibility index (Phi) is 5.01. The normalized spacial score (nSPS) is 28.9. The molecule has 2 saturated heterocycles. The van der Waals surface area contributed by atoms with Crippen LogP contribution >= 0.6 is 0 Å². The van der Waals surface area contributed by atoms with Gasteiger partial charge in [-0.05, 0) is 59.3 Å². The molecule has 104 valence electrons. The van der Waals surface area contributed by atoms with Gasteiger partial charge in [-0.1, -0.05) is 0 Å². The van der Waals surface area contributed by atoms with E-state index in [-0.39, 0.29) is 18.0 Å². The molecule has 0 spiro atoms. The molecule has 0 saturated carbocycles. The maximum Gasteiger partial charge on any atom is 0.309 e. The summed E-state index contributed by atoms with van der Waals surface area (Å²) in [4.78, 5) is 16.8. The molecule has 0 aromatic heterocycles. The zero-order valence-corrected chi connectivity index (χ0v) is 11.7. The summed E-state index contributed by atoms with van der Waals surface area (Å²) in [6.45, 7) is 4.22. The molecule has 4 nitrogen and oxygen atoms in total. The first-order chi connectivity index (χ1) is 8.65. The molecule has 2 fully saturated rings. The Morgan fingerprint density at radius 2 is 1.56 bits per heavy atom. The van der Waals surface area contributed by atoms with Gasteiger partial charge < -0.3 is 14.5 Å². The van der Waals surface area contributed by atoms with E-state index in [4.69, 9.17) is 4.74 Å². The second-order valence-corrected chi connectivity index (χ2v) is 5.87. The van der Waals surface area contributed by atoms with Gasteiger partial charge in [0, 0.05) is 13.1 Å². The molecule has 2 aliphatic heterocycles. The number of likely N-dealkylation sites (tertiary alicyclic amines) is 2. The molecular weight excluding hydrogens is 228 g/mol. The second kappa shape index (κ2) is 6.53. The average molecular weight is 254 g/mol. The van der Waals surface area contributed by atoms with Crippen LogP contribution in [0.1, 0.15) is 32.1 Å². The van der Waals surface area contributed by atoms with Crippen LogP contribution in [-0.4, -0.2) is 62.1 Å². The molecule has 0 aromatic rings. The van der Waals surface area contributed by atoms with Gasteiger partial charge in [0.25, 0.3) is 0 Å². The highest BCUT2D eigenvalue weighted by Crippen LogP contribution is 2.21. The second-order valence-electron chi connectivity index (χ2n) is 5.87. The Labute approximate surface area is 110 Å². The molecule has 1 unspecified atom stereocenters. The highest BCUT2D eigenvalue weighted by molar-refractivity contribution is 5.72.